The Morgan fingerprint density at radius 3 is 2.80 bits per heavy atom. The van der Waals surface area contributed by atoms with Crippen molar-refractivity contribution in [3.63, 3.8) is 0 Å². The van der Waals surface area contributed by atoms with Crippen LogP contribution in [-0.2, 0) is 16.0 Å². The molecule has 0 saturated carbocycles. The van der Waals surface area contributed by atoms with Gasteiger partial charge in [0.25, 0.3) is 0 Å². The summed E-state index contributed by atoms with van der Waals surface area (Å²) in [6.45, 7) is 2.01. The zero-order chi connectivity index (χ0) is 18.0. The maximum atomic E-state index is 11.8. The molecule has 25 heavy (non-hydrogen) atoms. The Morgan fingerprint density at radius 2 is 2.08 bits per heavy atom. The molecule has 0 spiro atoms. The highest BCUT2D eigenvalue weighted by Crippen LogP contribution is 2.28. The molecular formula is C19H21N3O3. The molecule has 0 radical (unpaired) electrons. The fraction of sp³-hybridized carbons (Fsp3) is 0.263. The van der Waals surface area contributed by atoms with Gasteiger partial charge in [-0.3, -0.25) is 4.79 Å². The van der Waals surface area contributed by atoms with E-state index in [9.17, 15) is 4.79 Å². The lowest BCUT2D eigenvalue weighted by Crippen LogP contribution is -2.34. The molecule has 2 aromatic heterocycles. The molecule has 0 aliphatic heterocycles. The number of benzene rings is 1. The van der Waals surface area contributed by atoms with Crippen molar-refractivity contribution in [2.45, 2.75) is 19.4 Å². The topological polar surface area (TPSA) is 78.8 Å². The molecule has 0 aliphatic rings. The second kappa shape index (κ2) is 6.94. The van der Waals surface area contributed by atoms with Gasteiger partial charge < -0.3 is 19.6 Å². The molecule has 130 valence electrons. The van der Waals surface area contributed by atoms with E-state index in [4.69, 9.17) is 20.2 Å². The lowest BCUT2D eigenvalue weighted by Gasteiger charge is -2.11. The first-order chi connectivity index (χ1) is 12.0. The number of methoxy groups -OCH3 is 2. The van der Waals surface area contributed by atoms with Gasteiger partial charge in [-0.05, 0) is 30.7 Å². The van der Waals surface area contributed by atoms with Crippen molar-refractivity contribution in [3.8, 4) is 17.0 Å². The van der Waals surface area contributed by atoms with Gasteiger partial charge in [0.2, 0.25) is 0 Å². The maximum Gasteiger partial charge on any atom is 0.323 e. The molecule has 1 atom stereocenters. The van der Waals surface area contributed by atoms with Crippen LogP contribution in [0.4, 0.5) is 0 Å². The number of pyridine rings is 1. The van der Waals surface area contributed by atoms with Gasteiger partial charge in [0.05, 0.1) is 25.6 Å². The van der Waals surface area contributed by atoms with Crippen molar-refractivity contribution < 1.29 is 14.3 Å². The summed E-state index contributed by atoms with van der Waals surface area (Å²) < 4.78 is 12.1. The van der Waals surface area contributed by atoms with Crippen LogP contribution in [0.25, 0.3) is 16.9 Å². The first-order valence-electron chi connectivity index (χ1n) is 7.99. The SMILES string of the molecule is COC(=O)C(N)Cc1c(-c2cccc(OC)c2)nc2ccc(C)cn12. The summed E-state index contributed by atoms with van der Waals surface area (Å²) in [6.07, 6.45) is 2.31. The van der Waals surface area contributed by atoms with Crippen molar-refractivity contribution in [3.05, 3.63) is 53.9 Å². The lowest BCUT2D eigenvalue weighted by molar-refractivity contribution is -0.142. The highest BCUT2D eigenvalue weighted by atomic mass is 16.5. The molecule has 3 aromatic rings. The molecule has 0 aliphatic carbocycles. The van der Waals surface area contributed by atoms with Crippen LogP contribution in [0.3, 0.4) is 0 Å². The number of fused-ring (bicyclic) bond motifs is 1. The molecule has 2 N–H and O–H groups in total. The second-order valence-corrected chi connectivity index (χ2v) is 5.91. The lowest BCUT2D eigenvalue weighted by atomic mass is 10.1. The zero-order valence-corrected chi connectivity index (χ0v) is 14.5. The molecular weight excluding hydrogens is 318 g/mol. The number of imidazole rings is 1. The fourth-order valence-corrected chi connectivity index (χ4v) is 2.84. The third-order valence-corrected chi connectivity index (χ3v) is 4.13. The number of aryl methyl sites for hydroxylation is 1. The minimum atomic E-state index is -0.755. The van der Waals surface area contributed by atoms with Crippen molar-refractivity contribution >= 4 is 11.6 Å². The van der Waals surface area contributed by atoms with Crippen LogP contribution >= 0.6 is 0 Å². The monoisotopic (exact) mass is 339 g/mol. The third-order valence-electron chi connectivity index (χ3n) is 4.13. The van der Waals surface area contributed by atoms with Gasteiger partial charge >= 0.3 is 5.97 Å². The van der Waals surface area contributed by atoms with Crippen LogP contribution in [0.15, 0.2) is 42.6 Å². The highest BCUT2D eigenvalue weighted by molar-refractivity contribution is 5.77. The molecule has 3 rings (SSSR count). The quantitative estimate of drug-likeness (QED) is 0.722. The normalized spacial score (nSPS) is 12.2. The molecule has 0 amide bonds. The summed E-state index contributed by atoms with van der Waals surface area (Å²) in [5.74, 6) is 0.299. The fourth-order valence-electron chi connectivity index (χ4n) is 2.84. The smallest absolute Gasteiger partial charge is 0.323 e. The highest BCUT2D eigenvalue weighted by Gasteiger charge is 2.21. The molecule has 6 nitrogen and oxygen atoms in total. The molecule has 2 heterocycles. The number of rotatable bonds is 5. The van der Waals surface area contributed by atoms with Crippen molar-refractivity contribution in [2.75, 3.05) is 14.2 Å². The Hall–Kier alpha value is -2.86. The van der Waals surface area contributed by atoms with Crippen LogP contribution in [0.2, 0.25) is 0 Å². The molecule has 1 unspecified atom stereocenters. The van der Waals surface area contributed by atoms with Gasteiger partial charge in [-0.15, -0.1) is 0 Å². The number of hydrogen-bond donors (Lipinski definition) is 1. The average Bonchev–Trinajstić information content (AvgIpc) is 2.98. The molecule has 0 saturated heterocycles. The summed E-state index contributed by atoms with van der Waals surface area (Å²) in [4.78, 5) is 16.5. The van der Waals surface area contributed by atoms with Gasteiger partial charge in [-0.2, -0.15) is 0 Å². The molecule has 1 aromatic carbocycles. The van der Waals surface area contributed by atoms with Crippen LogP contribution < -0.4 is 10.5 Å². The van der Waals surface area contributed by atoms with Crippen molar-refractivity contribution in [1.29, 1.82) is 0 Å². The van der Waals surface area contributed by atoms with E-state index in [-0.39, 0.29) is 0 Å². The molecule has 0 fully saturated rings. The summed E-state index contributed by atoms with van der Waals surface area (Å²) in [6, 6.07) is 10.9. The number of aromatic nitrogens is 2. The van der Waals surface area contributed by atoms with E-state index in [0.717, 1.165) is 33.9 Å². The first kappa shape index (κ1) is 17.0. The van der Waals surface area contributed by atoms with Gasteiger partial charge in [0, 0.05) is 18.2 Å². The predicted octanol–water partition coefficient (Wildman–Crippen LogP) is 2.36. The Balaban J connectivity index is 2.16. The Morgan fingerprint density at radius 1 is 1.28 bits per heavy atom. The van der Waals surface area contributed by atoms with E-state index < -0.39 is 12.0 Å². The number of carbonyl (C=O) groups is 1. The minimum Gasteiger partial charge on any atom is -0.497 e. The van der Waals surface area contributed by atoms with Gasteiger partial charge in [-0.25, -0.2) is 4.98 Å². The number of carbonyl (C=O) groups excluding carboxylic acids is 1. The van der Waals surface area contributed by atoms with E-state index in [0.29, 0.717) is 6.42 Å². The Labute approximate surface area is 146 Å². The van der Waals surface area contributed by atoms with E-state index in [2.05, 4.69) is 0 Å². The Bertz CT molecular complexity index is 917. The summed E-state index contributed by atoms with van der Waals surface area (Å²) in [5.41, 5.74) is 10.5. The van der Waals surface area contributed by atoms with Crippen LogP contribution in [0, 0.1) is 6.92 Å². The van der Waals surface area contributed by atoms with E-state index in [1.54, 1.807) is 7.11 Å². The van der Waals surface area contributed by atoms with Gasteiger partial charge in [0.15, 0.2) is 0 Å². The number of nitrogens with zero attached hydrogens (tertiary/aromatic N) is 2. The maximum absolute atomic E-state index is 11.8. The van der Waals surface area contributed by atoms with Gasteiger partial charge in [-0.1, -0.05) is 18.2 Å². The summed E-state index contributed by atoms with van der Waals surface area (Å²) in [5, 5.41) is 0. The van der Waals surface area contributed by atoms with Gasteiger partial charge in [0.1, 0.15) is 17.4 Å². The van der Waals surface area contributed by atoms with E-state index in [1.165, 1.54) is 7.11 Å². The van der Waals surface area contributed by atoms with E-state index in [1.807, 2.05) is 53.9 Å². The standard InChI is InChI=1S/C19H21N3O3/c1-12-7-8-17-21-18(13-5-4-6-14(9-13)24-2)16(22(17)11-12)10-15(20)19(23)25-3/h4-9,11,15H,10,20H2,1-3H3. The minimum absolute atomic E-state index is 0.323. The van der Waals surface area contributed by atoms with E-state index >= 15 is 0 Å². The van der Waals surface area contributed by atoms with Crippen molar-refractivity contribution in [2.24, 2.45) is 5.73 Å². The number of ether oxygens (including phenoxy) is 2. The summed E-state index contributed by atoms with van der Waals surface area (Å²) >= 11 is 0. The molecule has 6 heteroatoms. The van der Waals surface area contributed by atoms with Crippen LogP contribution in [0.1, 0.15) is 11.3 Å². The van der Waals surface area contributed by atoms with Crippen LogP contribution in [0.5, 0.6) is 5.75 Å². The molecule has 0 bridgehead atoms. The predicted molar refractivity (Wildman–Crippen MR) is 95.6 cm³/mol. The third kappa shape index (κ3) is 3.34. The number of nitrogens with two attached hydrogens (primary N) is 1. The average molecular weight is 339 g/mol. The second-order valence-electron chi connectivity index (χ2n) is 5.91. The Kier molecular flexibility index (Phi) is 4.72. The van der Waals surface area contributed by atoms with Crippen LogP contribution in [-0.4, -0.2) is 35.6 Å². The van der Waals surface area contributed by atoms with Crippen molar-refractivity contribution in [1.82, 2.24) is 9.38 Å². The first-order valence-corrected chi connectivity index (χ1v) is 7.99. The number of esters is 1. The largest absolute Gasteiger partial charge is 0.497 e. The number of hydrogen-bond acceptors (Lipinski definition) is 5. The summed E-state index contributed by atoms with van der Waals surface area (Å²) in [7, 11) is 2.96. The zero-order valence-electron chi connectivity index (χ0n) is 14.5.